The van der Waals surface area contributed by atoms with Crippen LogP contribution in [-0.2, 0) is 25.6 Å². The van der Waals surface area contributed by atoms with Gasteiger partial charge >= 0.3 is 11.9 Å². The number of nitrogens with one attached hydrogen (secondary N) is 1. The van der Waals surface area contributed by atoms with Crippen molar-refractivity contribution >= 4 is 17.7 Å². The van der Waals surface area contributed by atoms with Gasteiger partial charge in [-0.25, -0.2) is 0 Å². The highest BCUT2D eigenvalue weighted by molar-refractivity contribution is 6.11. The molecule has 30 heavy (non-hydrogen) atoms. The average molecular weight is 413 g/mol. The fourth-order valence-corrected chi connectivity index (χ4v) is 2.95. The second-order valence-electron chi connectivity index (χ2n) is 6.42. The smallest absolute Gasteiger partial charge is 0.324 e. The predicted molar refractivity (Wildman–Crippen MR) is 111 cm³/mol. The molecule has 1 N–H and O–H groups in total. The fourth-order valence-electron chi connectivity index (χ4n) is 2.95. The number of esters is 2. The molecule has 0 aliphatic carbocycles. The molecule has 0 radical (unpaired) electrons. The highest BCUT2D eigenvalue weighted by atomic mass is 16.5. The van der Waals surface area contributed by atoms with Crippen LogP contribution in [-0.4, -0.2) is 44.1 Å². The number of hydrogen-bond acceptors (Lipinski definition) is 7. The molecule has 0 bridgehead atoms. The lowest BCUT2D eigenvalue weighted by molar-refractivity contribution is -0.155. The molecule has 2 atom stereocenters. The molecule has 2 aromatic rings. The lowest BCUT2D eigenvalue weighted by Gasteiger charge is -2.24. The van der Waals surface area contributed by atoms with Gasteiger partial charge in [-0.2, -0.15) is 0 Å². The van der Waals surface area contributed by atoms with Crippen LogP contribution in [0.1, 0.15) is 29.8 Å². The Bertz CT molecular complexity index is 835. The van der Waals surface area contributed by atoms with Crippen molar-refractivity contribution in [2.45, 2.75) is 26.4 Å². The molecule has 7 nitrogen and oxygen atoms in total. The van der Waals surface area contributed by atoms with Gasteiger partial charge in [-0.1, -0.05) is 42.5 Å². The summed E-state index contributed by atoms with van der Waals surface area (Å²) in [5.74, 6) is -2.64. The van der Waals surface area contributed by atoms with Crippen LogP contribution in [0.4, 0.5) is 0 Å². The summed E-state index contributed by atoms with van der Waals surface area (Å²) in [6.07, 6.45) is 0. The van der Waals surface area contributed by atoms with E-state index in [0.717, 1.165) is 5.56 Å². The van der Waals surface area contributed by atoms with E-state index in [-0.39, 0.29) is 19.8 Å². The van der Waals surface area contributed by atoms with Crippen molar-refractivity contribution in [3.8, 4) is 5.75 Å². The number of methoxy groups -OCH3 is 1. The molecule has 7 heteroatoms. The van der Waals surface area contributed by atoms with Crippen LogP contribution in [0.15, 0.2) is 54.6 Å². The van der Waals surface area contributed by atoms with Gasteiger partial charge in [-0.15, -0.1) is 0 Å². The van der Waals surface area contributed by atoms with Crippen LogP contribution in [0.3, 0.4) is 0 Å². The molecule has 0 aromatic heterocycles. The molecule has 0 fully saturated rings. The van der Waals surface area contributed by atoms with E-state index in [1.807, 2.05) is 12.1 Å². The topological polar surface area (TPSA) is 90.9 Å². The molecule has 0 aliphatic heterocycles. The van der Waals surface area contributed by atoms with Crippen molar-refractivity contribution in [3.63, 3.8) is 0 Å². The summed E-state index contributed by atoms with van der Waals surface area (Å²) in [5, 5.41) is 3.01. The Hall–Kier alpha value is -3.19. The second-order valence-corrected chi connectivity index (χ2v) is 6.42. The maximum atomic E-state index is 13.1. The number of ether oxygens (including phenoxy) is 3. The summed E-state index contributed by atoms with van der Waals surface area (Å²) < 4.78 is 15.4. The molecule has 0 saturated heterocycles. The minimum atomic E-state index is -1.37. The van der Waals surface area contributed by atoms with Crippen LogP contribution in [0.25, 0.3) is 0 Å². The summed E-state index contributed by atoms with van der Waals surface area (Å²) in [6, 6.07) is 14.4. The normalized spacial score (nSPS) is 12.5. The van der Waals surface area contributed by atoms with Gasteiger partial charge in [0.2, 0.25) is 0 Å². The van der Waals surface area contributed by atoms with Crippen LogP contribution >= 0.6 is 0 Å². The summed E-state index contributed by atoms with van der Waals surface area (Å²) >= 11 is 0. The van der Waals surface area contributed by atoms with Crippen molar-refractivity contribution in [1.82, 2.24) is 5.32 Å². The van der Waals surface area contributed by atoms with E-state index in [1.54, 1.807) is 63.4 Å². The number of Topliss-reactive ketones (excluding diaryl/α,β-unsaturated/α-hetero) is 1. The number of benzene rings is 2. The van der Waals surface area contributed by atoms with Gasteiger partial charge in [-0.05, 0) is 31.5 Å². The third kappa shape index (κ3) is 6.15. The Kier molecular flexibility index (Phi) is 9.03. The van der Waals surface area contributed by atoms with Crippen LogP contribution in [0.5, 0.6) is 5.75 Å². The standard InChI is InChI=1S/C23H27NO6/c1-4-29-22(26)19(21(25)17-9-7-6-8-10-17)20(23(27)30-5-2)24-15-16-11-13-18(28-3)14-12-16/h6-14,19-20,24H,4-5,15H2,1-3H3. The van der Waals surface area contributed by atoms with Crippen LogP contribution < -0.4 is 10.1 Å². The summed E-state index contributed by atoms with van der Waals surface area (Å²) in [7, 11) is 1.57. The van der Waals surface area contributed by atoms with E-state index >= 15 is 0 Å². The zero-order valence-corrected chi connectivity index (χ0v) is 17.4. The zero-order valence-electron chi connectivity index (χ0n) is 17.4. The van der Waals surface area contributed by atoms with E-state index in [0.29, 0.717) is 11.3 Å². The average Bonchev–Trinajstić information content (AvgIpc) is 2.77. The number of carbonyl (C=O) groups is 3. The predicted octanol–water partition coefficient (Wildman–Crippen LogP) is 2.78. The van der Waals surface area contributed by atoms with Gasteiger partial charge in [0.05, 0.1) is 20.3 Å². The quantitative estimate of drug-likeness (QED) is 0.344. The van der Waals surface area contributed by atoms with E-state index in [1.165, 1.54) is 0 Å². The second kappa shape index (κ2) is 11.7. The molecule has 0 saturated carbocycles. The number of ketones is 1. The molecule has 0 heterocycles. The van der Waals surface area contributed by atoms with Crippen molar-refractivity contribution < 1.29 is 28.6 Å². The molecule has 2 aromatic carbocycles. The van der Waals surface area contributed by atoms with Gasteiger partial charge in [0.15, 0.2) is 5.78 Å². The van der Waals surface area contributed by atoms with E-state index in [4.69, 9.17) is 14.2 Å². The van der Waals surface area contributed by atoms with Gasteiger partial charge in [0, 0.05) is 12.1 Å². The molecule has 2 unspecified atom stereocenters. The Morgan fingerprint density at radius 2 is 1.47 bits per heavy atom. The number of hydrogen-bond donors (Lipinski definition) is 1. The Morgan fingerprint density at radius 1 is 0.867 bits per heavy atom. The molecule has 0 amide bonds. The first kappa shape index (κ1) is 23.1. The van der Waals surface area contributed by atoms with Crippen molar-refractivity contribution in [3.05, 3.63) is 65.7 Å². The lowest BCUT2D eigenvalue weighted by Crippen LogP contribution is -2.50. The molecular weight excluding hydrogens is 386 g/mol. The summed E-state index contributed by atoms with van der Waals surface area (Å²) in [6.45, 7) is 3.76. The molecule has 2 rings (SSSR count). The maximum absolute atomic E-state index is 13.1. The van der Waals surface area contributed by atoms with Crippen molar-refractivity contribution in [1.29, 1.82) is 0 Å². The summed E-state index contributed by atoms with van der Waals surface area (Å²) in [4.78, 5) is 38.5. The first-order valence-electron chi connectivity index (χ1n) is 9.80. The molecular formula is C23H27NO6. The highest BCUT2D eigenvalue weighted by Gasteiger charge is 2.41. The fraction of sp³-hybridized carbons (Fsp3) is 0.348. The molecule has 0 spiro atoms. The van der Waals surface area contributed by atoms with Gasteiger partial charge in [0.25, 0.3) is 0 Å². The molecule has 160 valence electrons. The van der Waals surface area contributed by atoms with Gasteiger partial charge in [-0.3, -0.25) is 19.7 Å². The van der Waals surface area contributed by atoms with Crippen LogP contribution in [0, 0.1) is 5.92 Å². The van der Waals surface area contributed by atoms with E-state index in [9.17, 15) is 14.4 Å². The van der Waals surface area contributed by atoms with Crippen molar-refractivity contribution in [2.75, 3.05) is 20.3 Å². The largest absolute Gasteiger partial charge is 0.497 e. The van der Waals surface area contributed by atoms with E-state index in [2.05, 4.69) is 5.32 Å². The number of rotatable bonds is 11. The summed E-state index contributed by atoms with van der Waals surface area (Å²) in [5.41, 5.74) is 1.16. The maximum Gasteiger partial charge on any atom is 0.324 e. The Labute approximate surface area is 176 Å². The highest BCUT2D eigenvalue weighted by Crippen LogP contribution is 2.18. The third-order valence-corrected chi connectivity index (χ3v) is 4.44. The third-order valence-electron chi connectivity index (χ3n) is 4.44. The van der Waals surface area contributed by atoms with E-state index < -0.39 is 29.7 Å². The zero-order chi connectivity index (χ0) is 21.9. The number of carbonyl (C=O) groups excluding carboxylic acids is 3. The minimum Gasteiger partial charge on any atom is -0.497 e. The SMILES string of the molecule is CCOC(=O)C(NCc1ccc(OC)cc1)C(C(=O)OCC)C(=O)c1ccccc1. The lowest BCUT2D eigenvalue weighted by atomic mass is 9.90. The van der Waals surface area contributed by atoms with Gasteiger partial charge < -0.3 is 14.2 Å². The first-order valence-corrected chi connectivity index (χ1v) is 9.80. The Morgan fingerprint density at radius 3 is 2.03 bits per heavy atom. The van der Waals surface area contributed by atoms with Crippen molar-refractivity contribution in [2.24, 2.45) is 5.92 Å². The Balaban J connectivity index is 2.32. The minimum absolute atomic E-state index is 0.0887. The molecule has 0 aliphatic rings. The van der Waals surface area contributed by atoms with Gasteiger partial charge in [0.1, 0.15) is 17.7 Å². The first-order chi connectivity index (χ1) is 14.5. The van der Waals surface area contributed by atoms with Crippen LogP contribution in [0.2, 0.25) is 0 Å². The monoisotopic (exact) mass is 413 g/mol.